The van der Waals surface area contributed by atoms with Gasteiger partial charge in [-0.1, -0.05) is 42.5 Å². The third-order valence-corrected chi connectivity index (χ3v) is 6.57. The van der Waals surface area contributed by atoms with Crippen LogP contribution >= 0.6 is 12.2 Å². The van der Waals surface area contributed by atoms with Gasteiger partial charge in [0.2, 0.25) is 5.88 Å². The monoisotopic (exact) mass is 519 g/mol. The average Bonchev–Trinajstić information content (AvgIpc) is 2.89. The summed E-state index contributed by atoms with van der Waals surface area (Å²) in [6, 6.07) is 24.2. The fraction of sp³-hybridized carbons (Fsp3) is 0.0400. The first-order valence-corrected chi connectivity index (χ1v) is 12.5. The fourth-order valence-electron chi connectivity index (χ4n) is 3.20. The van der Waals surface area contributed by atoms with Crippen molar-refractivity contribution in [3.8, 4) is 17.0 Å². The number of aromatic nitrogens is 2. The molecule has 0 fully saturated rings. The number of amides is 1. The highest BCUT2D eigenvalue weighted by atomic mass is 32.2. The zero-order valence-corrected chi connectivity index (χ0v) is 20.6. The van der Waals surface area contributed by atoms with Crippen LogP contribution < -0.4 is 20.1 Å². The lowest BCUT2D eigenvalue weighted by molar-refractivity contribution is 0.0977. The molecule has 0 aliphatic carbocycles. The number of nitrogens with zero attached hydrogens (tertiary/aromatic N) is 2. The van der Waals surface area contributed by atoms with Crippen LogP contribution in [0, 0.1) is 0 Å². The largest absolute Gasteiger partial charge is 0.481 e. The first-order valence-electron chi connectivity index (χ1n) is 10.6. The Morgan fingerprint density at radius 3 is 2.22 bits per heavy atom. The molecule has 0 saturated carbocycles. The minimum atomic E-state index is -3.89. The minimum Gasteiger partial charge on any atom is -0.481 e. The third kappa shape index (κ3) is 6.20. The maximum absolute atomic E-state index is 12.6. The Morgan fingerprint density at radius 1 is 0.889 bits per heavy atom. The van der Waals surface area contributed by atoms with Crippen molar-refractivity contribution in [1.82, 2.24) is 15.3 Å². The molecule has 0 unspecified atom stereocenters. The lowest BCUT2D eigenvalue weighted by atomic mass is 10.0. The lowest BCUT2D eigenvalue weighted by Gasteiger charge is -2.11. The zero-order chi connectivity index (χ0) is 25.5. The molecule has 0 spiro atoms. The zero-order valence-electron chi connectivity index (χ0n) is 19.0. The molecule has 0 saturated heterocycles. The maximum Gasteiger partial charge on any atom is 0.263 e. The topological polar surface area (TPSA) is 122 Å². The predicted molar refractivity (Wildman–Crippen MR) is 141 cm³/mol. The van der Waals surface area contributed by atoms with Crippen LogP contribution in [0.25, 0.3) is 11.1 Å². The highest BCUT2D eigenvalue weighted by molar-refractivity contribution is 7.92. The Kier molecular flexibility index (Phi) is 7.52. The molecule has 11 heteroatoms. The standard InChI is InChI=1S/C25H21N5O4S2/c1-34-23-15-22(26-16-27-23)30-36(32,33)21-13-11-20(12-14-21)28-25(35)29-24(31)19-9-7-18(8-10-19)17-5-3-2-4-6-17/h2-16H,1H3,(H,26,27,30)(H2,28,29,31,35). The van der Waals surface area contributed by atoms with Crippen LogP contribution in [0.2, 0.25) is 0 Å². The molecule has 36 heavy (non-hydrogen) atoms. The Morgan fingerprint density at radius 2 is 1.56 bits per heavy atom. The van der Waals surface area contributed by atoms with Crippen LogP contribution in [0.4, 0.5) is 11.5 Å². The van der Waals surface area contributed by atoms with Gasteiger partial charge in [-0.15, -0.1) is 0 Å². The summed E-state index contributed by atoms with van der Waals surface area (Å²) in [5.74, 6) is -0.0644. The van der Waals surface area contributed by atoms with Crippen molar-refractivity contribution < 1.29 is 17.9 Å². The number of rotatable bonds is 7. The van der Waals surface area contributed by atoms with E-state index in [-0.39, 0.29) is 27.6 Å². The smallest absolute Gasteiger partial charge is 0.263 e. The van der Waals surface area contributed by atoms with Crippen LogP contribution in [0.3, 0.4) is 0 Å². The van der Waals surface area contributed by atoms with Crippen LogP contribution in [-0.4, -0.2) is 36.5 Å². The Balaban J connectivity index is 1.35. The summed E-state index contributed by atoms with van der Waals surface area (Å²) < 4.78 is 32.6. The predicted octanol–water partition coefficient (Wildman–Crippen LogP) is 4.08. The van der Waals surface area contributed by atoms with Crippen molar-refractivity contribution >= 4 is 44.8 Å². The molecule has 4 aromatic rings. The van der Waals surface area contributed by atoms with Crippen molar-refractivity contribution in [3.63, 3.8) is 0 Å². The van der Waals surface area contributed by atoms with Crippen molar-refractivity contribution in [2.24, 2.45) is 0 Å². The number of carbonyl (C=O) groups is 1. The average molecular weight is 520 g/mol. The Bertz CT molecular complexity index is 1480. The number of hydrogen-bond donors (Lipinski definition) is 3. The maximum atomic E-state index is 12.6. The molecule has 3 N–H and O–H groups in total. The molecule has 0 bridgehead atoms. The normalized spacial score (nSPS) is 10.8. The molecular weight excluding hydrogens is 498 g/mol. The molecule has 1 amide bonds. The highest BCUT2D eigenvalue weighted by Gasteiger charge is 2.16. The van der Waals surface area contributed by atoms with Gasteiger partial charge in [0, 0.05) is 17.3 Å². The number of thiocarbonyl (C=S) groups is 1. The van der Waals surface area contributed by atoms with Gasteiger partial charge in [-0.25, -0.2) is 18.4 Å². The van der Waals surface area contributed by atoms with E-state index in [2.05, 4.69) is 25.3 Å². The summed E-state index contributed by atoms with van der Waals surface area (Å²) in [5.41, 5.74) is 3.00. The van der Waals surface area contributed by atoms with E-state index in [1.807, 2.05) is 42.5 Å². The van der Waals surface area contributed by atoms with Crippen LogP contribution in [0.15, 0.2) is 96.2 Å². The SMILES string of the molecule is COc1cc(NS(=O)(=O)c2ccc(NC(=S)NC(=O)c3ccc(-c4ccccc4)cc3)cc2)ncn1. The van der Waals surface area contributed by atoms with Crippen LogP contribution in [0.1, 0.15) is 10.4 Å². The van der Waals surface area contributed by atoms with E-state index in [0.717, 1.165) is 11.1 Å². The number of hydrogen-bond acceptors (Lipinski definition) is 7. The summed E-state index contributed by atoms with van der Waals surface area (Å²) in [4.78, 5) is 20.3. The summed E-state index contributed by atoms with van der Waals surface area (Å²) in [7, 11) is -2.47. The van der Waals surface area contributed by atoms with Gasteiger partial charge in [-0.05, 0) is 59.7 Å². The number of nitrogens with one attached hydrogen (secondary N) is 3. The van der Waals surface area contributed by atoms with E-state index in [9.17, 15) is 13.2 Å². The molecule has 0 radical (unpaired) electrons. The van der Waals surface area contributed by atoms with E-state index in [1.165, 1.54) is 43.8 Å². The summed E-state index contributed by atoms with van der Waals surface area (Å²) in [5, 5.41) is 5.57. The fourth-order valence-corrected chi connectivity index (χ4v) is 4.41. The molecular formula is C25H21N5O4S2. The molecule has 0 aliphatic rings. The van der Waals surface area contributed by atoms with E-state index in [0.29, 0.717) is 11.3 Å². The second-order valence-corrected chi connectivity index (χ2v) is 9.52. The highest BCUT2D eigenvalue weighted by Crippen LogP contribution is 2.20. The lowest BCUT2D eigenvalue weighted by Crippen LogP contribution is -2.34. The van der Waals surface area contributed by atoms with Crippen molar-refractivity contribution in [2.45, 2.75) is 4.90 Å². The molecule has 0 atom stereocenters. The molecule has 9 nitrogen and oxygen atoms in total. The van der Waals surface area contributed by atoms with Gasteiger partial charge in [0.25, 0.3) is 15.9 Å². The van der Waals surface area contributed by atoms with E-state index in [4.69, 9.17) is 17.0 Å². The number of carbonyl (C=O) groups excluding carboxylic acids is 1. The summed E-state index contributed by atoms with van der Waals surface area (Å²) in [6.07, 6.45) is 1.19. The number of sulfonamides is 1. The second kappa shape index (κ2) is 10.9. The van der Waals surface area contributed by atoms with Crippen LogP contribution in [-0.2, 0) is 10.0 Å². The van der Waals surface area contributed by atoms with E-state index in [1.54, 1.807) is 12.1 Å². The van der Waals surface area contributed by atoms with Crippen molar-refractivity contribution in [2.75, 3.05) is 17.1 Å². The quantitative estimate of drug-likeness (QED) is 0.312. The molecule has 0 aliphatic heterocycles. The van der Waals surface area contributed by atoms with Gasteiger partial charge in [0.1, 0.15) is 12.1 Å². The molecule has 1 heterocycles. The van der Waals surface area contributed by atoms with Crippen LogP contribution in [0.5, 0.6) is 5.88 Å². The van der Waals surface area contributed by atoms with Crippen molar-refractivity contribution in [1.29, 1.82) is 0 Å². The molecule has 3 aromatic carbocycles. The van der Waals surface area contributed by atoms with E-state index < -0.39 is 10.0 Å². The van der Waals surface area contributed by atoms with Gasteiger partial charge < -0.3 is 10.1 Å². The first kappa shape index (κ1) is 24.8. The number of benzene rings is 3. The summed E-state index contributed by atoms with van der Waals surface area (Å²) >= 11 is 5.23. The third-order valence-electron chi connectivity index (χ3n) is 4.99. The molecule has 4 rings (SSSR count). The van der Waals surface area contributed by atoms with Gasteiger partial charge in [-0.2, -0.15) is 0 Å². The van der Waals surface area contributed by atoms with Gasteiger partial charge >= 0.3 is 0 Å². The van der Waals surface area contributed by atoms with Crippen molar-refractivity contribution in [3.05, 3.63) is 96.8 Å². The van der Waals surface area contributed by atoms with E-state index >= 15 is 0 Å². The molecule has 182 valence electrons. The number of anilines is 2. The van der Waals surface area contributed by atoms with Gasteiger partial charge in [0.05, 0.1) is 12.0 Å². The first-order chi connectivity index (χ1) is 17.3. The Labute approximate surface area is 213 Å². The van der Waals surface area contributed by atoms with Gasteiger partial charge in [0.15, 0.2) is 5.11 Å². The summed E-state index contributed by atoms with van der Waals surface area (Å²) in [6.45, 7) is 0. The number of methoxy groups -OCH3 is 1. The Hall–Kier alpha value is -4.35. The van der Waals surface area contributed by atoms with Gasteiger partial charge in [-0.3, -0.25) is 14.8 Å². The minimum absolute atomic E-state index is 0.0130. The molecule has 1 aromatic heterocycles. The number of ether oxygens (including phenoxy) is 1. The second-order valence-electron chi connectivity index (χ2n) is 7.43.